The third-order valence-electron chi connectivity index (χ3n) is 14.4. The molecule has 0 amide bonds. The highest BCUT2D eigenvalue weighted by atomic mass is 15.1. The van der Waals surface area contributed by atoms with Gasteiger partial charge in [0.25, 0.3) is 0 Å². The number of anilines is 3. The smallest absolute Gasteiger partial charge is 0.0620 e. The molecule has 0 atom stereocenters. The van der Waals surface area contributed by atoms with E-state index in [2.05, 4.69) is 225 Å². The molecule has 316 valence electrons. The quantitative estimate of drug-likeness (QED) is 0.168. The summed E-state index contributed by atoms with van der Waals surface area (Å²) in [4.78, 5) is 2.44. The lowest BCUT2D eigenvalue weighted by molar-refractivity contribution is 0.590. The van der Waals surface area contributed by atoms with Crippen LogP contribution in [-0.2, 0) is 16.2 Å². The van der Waals surface area contributed by atoms with Crippen molar-refractivity contribution in [2.24, 2.45) is 0 Å². The molecular weight excluding hydrogens is 763 g/mol. The Balaban J connectivity index is 1.25. The van der Waals surface area contributed by atoms with Gasteiger partial charge >= 0.3 is 0 Å². The Morgan fingerprint density at radius 2 is 0.698 bits per heavy atom. The Kier molecular flexibility index (Phi) is 8.36. The molecule has 0 aliphatic carbocycles. The fourth-order valence-corrected chi connectivity index (χ4v) is 10.5. The number of nitrogens with zero attached hydrogens (tertiary/aromatic N) is 3. The van der Waals surface area contributed by atoms with Gasteiger partial charge in [-0.15, -0.1) is 0 Å². The maximum absolute atomic E-state index is 2.60. The van der Waals surface area contributed by atoms with Gasteiger partial charge in [-0.25, -0.2) is 0 Å². The molecule has 7 aromatic carbocycles. The summed E-state index contributed by atoms with van der Waals surface area (Å²) in [5.74, 6) is 0.937. The second-order valence-corrected chi connectivity index (χ2v) is 22.4. The minimum atomic E-state index is -0.0211. The fourth-order valence-electron chi connectivity index (χ4n) is 10.5. The van der Waals surface area contributed by atoms with Gasteiger partial charge in [-0.3, -0.25) is 0 Å². The van der Waals surface area contributed by atoms with Gasteiger partial charge in [0.05, 0.1) is 33.1 Å². The molecule has 0 spiro atoms. The van der Waals surface area contributed by atoms with E-state index in [1.165, 1.54) is 104 Å². The van der Waals surface area contributed by atoms with Crippen molar-refractivity contribution in [1.82, 2.24) is 8.80 Å². The Labute approximate surface area is 372 Å². The topological polar surface area (TPSA) is 12.1 Å². The maximum Gasteiger partial charge on any atom is 0.0620 e. The number of hydrogen-bond donors (Lipinski definition) is 0. The Hall–Kier alpha value is -6.06. The minimum absolute atomic E-state index is 0.00485. The fraction of sp³-hybridized carbons (Fsp3) is 0.300. The molecule has 3 nitrogen and oxygen atoms in total. The third kappa shape index (κ3) is 5.91. The van der Waals surface area contributed by atoms with E-state index in [4.69, 9.17) is 0 Å². The van der Waals surface area contributed by atoms with E-state index in [-0.39, 0.29) is 16.2 Å². The number of benzene rings is 7. The van der Waals surface area contributed by atoms with E-state index >= 15 is 0 Å². The van der Waals surface area contributed by atoms with Crippen LogP contribution in [0, 0.1) is 0 Å². The highest BCUT2D eigenvalue weighted by Gasteiger charge is 2.28. The number of hydrogen-bond acceptors (Lipinski definition) is 1. The molecule has 63 heavy (non-hydrogen) atoms. The summed E-state index contributed by atoms with van der Waals surface area (Å²) in [6.07, 6.45) is 0. The largest absolute Gasteiger partial charge is 0.310 e. The van der Waals surface area contributed by atoms with Crippen LogP contribution in [0.4, 0.5) is 17.1 Å². The van der Waals surface area contributed by atoms with E-state index in [9.17, 15) is 0 Å². The van der Waals surface area contributed by atoms with E-state index < -0.39 is 0 Å². The molecule has 0 radical (unpaired) electrons. The van der Waals surface area contributed by atoms with E-state index in [1.807, 2.05) is 0 Å². The second kappa shape index (κ2) is 13.2. The molecule has 0 aliphatic heterocycles. The van der Waals surface area contributed by atoms with Gasteiger partial charge < -0.3 is 13.7 Å². The number of rotatable bonds is 5. The van der Waals surface area contributed by atoms with Gasteiger partial charge in [0, 0.05) is 60.2 Å². The van der Waals surface area contributed by atoms with Crippen molar-refractivity contribution in [3.63, 3.8) is 0 Å². The van der Waals surface area contributed by atoms with Crippen molar-refractivity contribution in [2.45, 2.75) is 118 Å². The van der Waals surface area contributed by atoms with Crippen LogP contribution in [0.3, 0.4) is 0 Å². The molecular formula is C60H61N3. The zero-order valence-corrected chi connectivity index (χ0v) is 39.5. The summed E-state index contributed by atoms with van der Waals surface area (Å²) < 4.78 is 5.18. The molecule has 4 aromatic heterocycles. The van der Waals surface area contributed by atoms with E-state index in [0.29, 0.717) is 11.8 Å². The molecule has 0 unspecified atom stereocenters. The van der Waals surface area contributed by atoms with Crippen LogP contribution in [0.15, 0.2) is 121 Å². The van der Waals surface area contributed by atoms with Crippen molar-refractivity contribution in [3.8, 4) is 0 Å². The molecule has 11 aromatic rings. The molecule has 0 N–H and O–H groups in total. The van der Waals surface area contributed by atoms with Crippen LogP contribution in [0.1, 0.15) is 130 Å². The van der Waals surface area contributed by atoms with Gasteiger partial charge in [0.2, 0.25) is 0 Å². The third-order valence-corrected chi connectivity index (χ3v) is 14.4. The molecule has 0 fully saturated rings. The van der Waals surface area contributed by atoms with Crippen LogP contribution in [0.5, 0.6) is 0 Å². The van der Waals surface area contributed by atoms with Crippen molar-refractivity contribution in [3.05, 3.63) is 149 Å². The van der Waals surface area contributed by atoms with Crippen LogP contribution >= 0.6 is 0 Å². The number of fused-ring (bicyclic) bond motifs is 12. The lowest BCUT2D eigenvalue weighted by Gasteiger charge is -2.26. The van der Waals surface area contributed by atoms with Gasteiger partial charge in [0.1, 0.15) is 0 Å². The minimum Gasteiger partial charge on any atom is -0.310 e. The van der Waals surface area contributed by atoms with Gasteiger partial charge in [0.15, 0.2) is 0 Å². The lowest BCUT2D eigenvalue weighted by Crippen LogP contribution is -2.11. The molecule has 0 saturated carbocycles. The first kappa shape index (κ1) is 39.8. The molecule has 11 rings (SSSR count). The number of aromatic nitrogens is 2. The average molecular weight is 824 g/mol. The van der Waals surface area contributed by atoms with E-state index in [1.54, 1.807) is 0 Å². The van der Waals surface area contributed by atoms with Crippen molar-refractivity contribution >= 4 is 93.3 Å². The Morgan fingerprint density at radius 3 is 1.13 bits per heavy atom. The van der Waals surface area contributed by atoms with Crippen molar-refractivity contribution < 1.29 is 0 Å². The SMILES string of the molecule is CC(C)c1ccc(N(c2ccc(C(C)C)cc2)c2ccc3c4cc(C(C)(C)C)cc5c6cc7c(cc6n(c3c2)c45)c2cc(C(C)(C)C)cc3c4cc(C(C)(C)C)ccc4n7c32)cc1. The summed E-state index contributed by atoms with van der Waals surface area (Å²) in [7, 11) is 0. The predicted octanol–water partition coefficient (Wildman–Crippen LogP) is 17.6. The normalized spacial score (nSPS) is 13.4. The monoisotopic (exact) mass is 823 g/mol. The van der Waals surface area contributed by atoms with Crippen LogP contribution in [0.25, 0.3) is 76.2 Å². The Morgan fingerprint density at radius 1 is 0.333 bits per heavy atom. The highest BCUT2D eigenvalue weighted by Crippen LogP contribution is 2.48. The van der Waals surface area contributed by atoms with Crippen LogP contribution < -0.4 is 4.90 Å². The maximum atomic E-state index is 2.60. The summed E-state index contributed by atoms with van der Waals surface area (Å²) >= 11 is 0. The van der Waals surface area contributed by atoms with Gasteiger partial charge in [-0.05, 0) is 141 Å². The zero-order valence-electron chi connectivity index (χ0n) is 39.5. The second-order valence-electron chi connectivity index (χ2n) is 22.4. The molecule has 0 saturated heterocycles. The summed E-state index contributed by atoms with van der Waals surface area (Å²) in [6, 6.07) is 47.8. The van der Waals surface area contributed by atoms with Crippen molar-refractivity contribution in [2.75, 3.05) is 4.90 Å². The predicted molar refractivity (Wildman–Crippen MR) is 275 cm³/mol. The lowest BCUT2D eigenvalue weighted by atomic mass is 9.84. The molecule has 4 heterocycles. The molecule has 0 bridgehead atoms. The van der Waals surface area contributed by atoms with Gasteiger partial charge in [-0.2, -0.15) is 0 Å². The highest BCUT2D eigenvalue weighted by molar-refractivity contribution is 6.29. The Bertz CT molecular complexity index is 3540. The molecule has 3 heteroatoms. The van der Waals surface area contributed by atoms with Gasteiger partial charge in [-0.1, -0.05) is 126 Å². The van der Waals surface area contributed by atoms with Crippen LogP contribution in [0.2, 0.25) is 0 Å². The summed E-state index contributed by atoms with van der Waals surface area (Å²) in [5.41, 5.74) is 18.0. The first-order valence-corrected chi connectivity index (χ1v) is 23.2. The average Bonchev–Trinajstić information content (AvgIpc) is 3.95. The first-order valence-electron chi connectivity index (χ1n) is 23.2. The van der Waals surface area contributed by atoms with Crippen molar-refractivity contribution in [1.29, 1.82) is 0 Å². The zero-order chi connectivity index (χ0) is 44.2. The summed E-state index contributed by atoms with van der Waals surface area (Å²) in [6.45, 7) is 30.1. The standard InChI is InChI=1S/C60H61N3/c1-34(2)36-14-19-41(20-15-36)61(42-21-16-37(17-22-42)35(3)4)43-23-24-44-48-27-39(59(8,9)10)29-50-47-32-54-46(33-55(47)63(56(48)50)53(44)31-43)51-30-40(60(11,12)13)28-49-45-26-38(58(5,6)7)18-25-52(45)62(54)57(49)51/h14-35H,1-13H3. The molecule has 0 aliphatic rings. The summed E-state index contributed by atoms with van der Waals surface area (Å²) in [5, 5.41) is 10.6. The first-order chi connectivity index (χ1) is 29.8. The van der Waals surface area contributed by atoms with Crippen LogP contribution in [-0.4, -0.2) is 8.80 Å². The van der Waals surface area contributed by atoms with E-state index in [0.717, 1.165) is 17.1 Å².